The largest absolute Gasteiger partial charge is 0.235 e. The van der Waals surface area contributed by atoms with Gasteiger partial charge in [-0.1, -0.05) is 24.4 Å². The molecule has 0 bridgehead atoms. The number of nitrogens with zero attached hydrogens (tertiary/aromatic N) is 2. The molecule has 1 aromatic heterocycles. The molecule has 0 radical (unpaired) electrons. The van der Waals surface area contributed by atoms with Crippen LogP contribution in [-0.4, -0.2) is 9.97 Å². The van der Waals surface area contributed by atoms with E-state index in [4.69, 9.17) is 23.2 Å². The maximum atomic E-state index is 6.06. The molecule has 15 heavy (non-hydrogen) atoms. The fourth-order valence-corrected chi connectivity index (χ4v) is 3.01. The molecule has 1 fully saturated rings. The van der Waals surface area contributed by atoms with Crippen LogP contribution in [0.15, 0.2) is 0 Å². The first-order chi connectivity index (χ1) is 7.22. The molecule has 0 spiro atoms. The number of hydrogen-bond donors (Lipinski definition) is 0. The Balaban J connectivity index is 2.39. The van der Waals surface area contributed by atoms with E-state index >= 15 is 0 Å². The van der Waals surface area contributed by atoms with Gasteiger partial charge in [0.15, 0.2) is 0 Å². The lowest BCUT2D eigenvalue weighted by Gasteiger charge is -2.12. The zero-order valence-electron chi connectivity index (χ0n) is 8.14. The van der Waals surface area contributed by atoms with E-state index < -0.39 is 0 Å². The summed E-state index contributed by atoms with van der Waals surface area (Å²) < 4.78 is 0.995. The van der Waals surface area contributed by atoms with Gasteiger partial charge in [-0.05, 0) is 35.4 Å². The van der Waals surface area contributed by atoms with Crippen LogP contribution in [0.3, 0.4) is 0 Å². The van der Waals surface area contributed by atoms with E-state index in [1.807, 2.05) is 0 Å². The normalized spacial score (nSPS) is 17.3. The van der Waals surface area contributed by atoms with Gasteiger partial charge in [-0.3, -0.25) is 0 Å². The van der Waals surface area contributed by atoms with Crippen molar-refractivity contribution >= 4 is 45.8 Å². The Kier molecular flexibility index (Phi) is 4.07. The molecule has 0 saturated heterocycles. The highest BCUT2D eigenvalue weighted by Crippen LogP contribution is 2.36. The molecular weight excluding hydrogens is 346 g/mol. The first kappa shape index (κ1) is 11.9. The molecule has 1 saturated carbocycles. The van der Waals surface area contributed by atoms with Crippen LogP contribution in [0.1, 0.15) is 43.1 Å². The van der Waals surface area contributed by atoms with Crippen molar-refractivity contribution in [3.05, 3.63) is 20.2 Å². The molecule has 0 atom stereocenters. The minimum absolute atomic E-state index is 0.330. The predicted molar refractivity (Wildman–Crippen MR) is 70.5 cm³/mol. The van der Waals surface area contributed by atoms with Crippen molar-refractivity contribution in [2.45, 2.75) is 37.5 Å². The Bertz CT molecular complexity index is 365. The van der Waals surface area contributed by atoms with Crippen LogP contribution >= 0.6 is 45.8 Å². The molecule has 0 unspecified atom stereocenters. The SMILES string of the molecule is ClCc1nc(Cl)c(I)c(C2CCCC2)n1. The summed E-state index contributed by atoms with van der Waals surface area (Å²) in [6, 6.07) is 0. The van der Waals surface area contributed by atoms with Crippen LogP contribution in [0.4, 0.5) is 0 Å². The minimum atomic E-state index is 0.330. The van der Waals surface area contributed by atoms with Crippen molar-refractivity contribution < 1.29 is 0 Å². The standard InChI is InChI=1S/C10H11Cl2IN2/c11-5-7-14-9(6-3-1-2-4-6)8(13)10(12)15-7/h6H,1-5H2. The monoisotopic (exact) mass is 356 g/mol. The molecule has 0 aromatic carbocycles. The number of hydrogen-bond acceptors (Lipinski definition) is 2. The van der Waals surface area contributed by atoms with E-state index in [1.54, 1.807) is 0 Å². The van der Waals surface area contributed by atoms with Crippen LogP contribution < -0.4 is 0 Å². The Hall–Kier alpha value is 0.390. The van der Waals surface area contributed by atoms with Crippen molar-refractivity contribution in [2.75, 3.05) is 0 Å². The fourth-order valence-electron chi connectivity index (χ4n) is 2.01. The molecule has 2 nitrogen and oxygen atoms in total. The molecule has 0 aliphatic heterocycles. The van der Waals surface area contributed by atoms with E-state index in [0.717, 1.165) is 9.26 Å². The van der Waals surface area contributed by atoms with Crippen LogP contribution in [0.2, 0.25) is 5.15 Å². The van der Waals surface area contributed by atoms with Crippen LogP contribution in [0, 0.1) is 3.57 Å². The lowest BCUT2D eigenvalue weighted by Crippen LogP contribution is -2.05. The highest BCUT2D eigenvalue weighted by atomic mass is 127. The maximum absolute atomic E-state index is 6.06. The Morgan fingerprint density at radius 3 is 2.53 bits per heavy atom. The highest BCUT2D eigenvalue weighted by molar-refractivity contribution is 14.1. The molecule has 5 heteroatoms. The van der Waals surface area contributed by atoms with Crippen molar-refractivity contribution in [1.82, 2.24) is 9.97 Å². The molecule has 1 aromatic rings. The molecule has 2 rings (SSSR count). The van der Waals surface area contributed by atoms with Gasteiger partial charge < -0.3 is 0 Å². The first-order valence-electron chi connectivity index (χ1n) is 5.00. The summed E-state index contributed by atoms with van der Waals surface area (Å²) in [6.07, 6.45) is 5.01. The van der Waals surface area contributed by atoms with Crippen molar-refractivity contribution in [3.8, 4) is 0 Å². The third kappa shape index (κ3) is 2.56. The molecule has 0 amide bonds. The van der Waals surface area contributed by atoms with Gasteiger partial charge in [-0.2, -0.15) is 0 Å². The Morgan fingerprint density at radius 2 is 1.93 bits per heavy atom. The highest BCUT2D eigenvalue weighted by Gasteiger charge is 2.23. The molecule has 1 heterocycles. The van der Waals surface area contributed by atoms with Gasteiger partial charge in [0.2, 0.25) is 0 Å². The predicted octanol–water partition coefficient (Wildman–Crippen LogP) is 4.13. The van der Waals surface area contributed by atoms with Gasteiger partial charge in [0, 0.05) is 5.92 Å². The summed E-state index contributed by atoms with van der Waals surface area (Å²) in [5.74, 6) is 1.53. The molecule has 82 valence electrons. The number of aromatic nitrogens is 2. The van der Waals surface area contributed by atoms with Crippen molar-refractivity contribution in [1.29, 1.82) is 0 Å². The number of rotatable bonds is 2. The average Bonchev–Trinajstić information content (AvgIpc) is 2.75. The third-order valence-corrected chi connectivity index (χ3v) is 4.64. The third-order valence-electron chi connectivity index (χ3n) is 2.74. The van der Waals surface area contributed by atoms with Gasteiger partial charge in [0.1, 0.15) is 11.0 Å². The zero-order valence-corrected chi connectivity index (χ0v) is 11.8. The summed E-state index contributed by atoms with van der Waals surface area (Å²) in [6.45, 7) is 0. The Labute approximate surface area is 113 Å². The van der Waals surface area contributed by atoms with Gasteiger partial charge in [0.05, 0.1) is 15.1 Å². The van der Waals surface area contributed by atoms with E-state index in [2.05, 4.69) is 32.6 Å². The van der Waals surface area contributed by atoms with Crippen LogP contribution in [-0.2, 0) is 5.88 Å². The Morgan fingerprint density at radius 1 is 1.27 bits per heavy atom. The maximum Gasteiger partial charge on any atom is 0.146 e. The fraction of sp³-hybridized carbons (Fsp3) is 0.600. The van der Waals surface area contributed by atoms with Gasteiger partial charge >= 0.3 is 0 Å². The summed E-state index contributed by atoms with van der Waals surface area (Å²) in [5, 5.41) is 0.545. The van der Waals surface area contributed by atoms with Crippen molar-refractivity contribution in [2.24, 2.45) is 0 Å². The minimum Gasteiger partial charge on any atom is -0.235 e. The summed E-state index contributed by atoms with van der Waals surface area (Å²) in [7, 11) is 0. The second kappa shape index (κ2) is 5.15. The second-order valence-electron chi connectivity index (χ2n) is 3.74. The van der Waals surface area contributed by atoms with E-state index in [0.29, 0.717) is 22.8 Å². The lowest BCUT2D eigenvalue weighted by atomic mass is 10.0. The summed E-state index contributed by atoms with van der Waals surface area (Å²) >= 11 is 14.0. The molecule has 1 aliphatic rings. The quantitative estimate of drug-likeness (QED) is 0.452. The topological polar surface area (TPSA) is 25.8 Å². The lowest BCUT2D eigenvalue weighted by molar-refractivity contribution is 0.682. The average molecular weight is 357 g/mol. The smallest absolute Gasteiger partial charge is 0.146 e. The molecule has 0 N–H and O–H groups in total. The van der Waals surface area contributed by atoms with E-state index in [9.17, 15) is 0 Å². The van der Waals surface area contributed by atoms with Gasteiger partial charge in [-0.25, -0.2) is 9.97 Å². The summed E-state index contributed by atoms with van der Waals surface area (Å²) in [5.41, 5.74) is 1.10. The molecular formula is C10H11Cl2IN2. The first-order valence-corrected chi connectivity index (χ1v) is 6.99. The second-order valence-corrected chi connectivity index (χ2v) is 5.45. The summed E-state index contributed by atoms with van der Waals surface area (Å²) in [4.78, 5) is 8.64. The van der Waals surface area contributed by atoms with Gasteiger partial charge in [0.25, 0.3) is 0 Å². The number of alkyl halides is 1. The van der Waals surface area contributed by atoms with Crippen molar-refractivity contribution in [3.63, 3.8) is 0 Å². The van der Waals surface area contributed by atoms with Gasteiger partial charge in [-0.15, -0.1) is 11.6 Å². The number of halogens is 3. The van der Waals surface area contributed by atoms with Crippen LogP contribution in [0.5, 0.6) is 0 Å². The molecule has 1 aliphatic carbocycles. The van der Waals surface area contributed by atoms with E-state index in [1.165, 1.54) is 25.7 Å². The van der Waals surface area contributed by atoms with Crippen LogP contribution in [0.25, 0.3) is 0 Å². The zero-order chi connectivity index (χ0) is 10.8. The van der Waals surface area contributed by atoms with E-state index in [-0.39, 0.29) is 0 Å².